The number of rotatable bonds is 7. The molecule has 2 amide bonds. The van der Waals surface area contributed by atoms with Crippen molar-refractivity contribution < 1.29 is 9.21 Å². The van der Waals surface area contributed by atoms with Gasteiger partial charge in [0.15, 0.2) is 0 Å². The predicted molar refractivity (Wildman–Crippen MR) is 136 cm³/mol. The summed E-state index contributed by atoms with van der Waals surface area (Å²) in [6, 6.07) is 14.2. The van der Waals surface area contributed by atoms with Gasteiger partial charge < -0.3 is 15.5 Å². The van der Waals surface area contributed by atoms with Crippen LogP contribution < -0.4 is 16.0 Å². The average molecular weight is 462 g/mol. The summed E-state index contributed by atoms with van der Waals surface area (Å²) in [7, 11) is 0. The predicted octanol–water partition coefficient (Wildman–Crippen LogP) is 5.99. The van der Waals surface area contributed by atoms with E-state index in [2.05, 4.69) is 61.4 Å². The minimum absolute atomic E-state index is 0.120. The number of aromatic nitrogens is 2. The quantitative estimate of drug-likeness (QED) is 0.450. The Morgan fingerprint density at radius 3 is 2.35 bits per heavy atom. The molecule has 1 aliphatic carbocycles. The van der Waals surface area contributed by atoms with Crippen molar-refractivity contribution >= 4 is 17.7 Å². The smallest absolute Gasteiger partial charge is 0.319 e. The summed E-state index contributed by atoms with van der Waals surface area (Å²) >= 11 is 0. The van der Waals surface area contributed by atoms with Crippen LogP contribution in [0.15, 0.2) is 46.9 Å². The van der Waals surface area contributed by atoms with Gasteiger partial charge in [0.25, 0.3) is 0 Å². The van der Waals surface area contributed by atoms with E-state index in [0.29, 0.717) is 25.0 Å². The molecule has 0 saturated carbocycles. The summed E-state index contributed by atoms with van der Waals surface area (Å²) < 4.78 is 5.93. The normalized spacial score (nSPS) is 16.0. The average Bonchev–Trinajstić information content (AvgIpc) is 3.28. The third kappa shape index (κ3) is 4.79. The highest BCUT2D eigenvalue weighted by Gasteiger charge is 2.37. The summed E-state index contributed by atoms with van der Waals surface area (Å²) in [5, 5.41) is 11.6. The molecule has 0 bridgehead atoms. The van der Waals surface area contributed by atoms with Gasteiger partial charge in [-0.1, -0.05) is 57.9 Å². The lowest BCUT2D eigenvalue weighted by molar-refractivity contribution is 0.254. The van der Waals surface area contributed by atoms with Crippen LogP contribution in [0.1, 0.15) is 70.6 Å². The van der Waals surface area contributed by atoms with E-state index in [0.717, 1.165) is 29.7 Å². The lowest BCUT2D eigenvalue weighted by atomic mass is 9.63. The fourth-order valence-electron chi connectivity index (χ4n) is 4.69. The molecule has 0 spiro atoms. The fourth-order valence-corrected chi connectivity index (χ4v) is 4.69. The van der Waals surface area contributed by atoms with E-state index in [1.807, 2.05) is 31.2 Å². The van der Waals surface area contributed by atoms with Crippen LogP contribution in [0, 0.1) is 0 Å². The second-order valence-corrected chi connectivity index (χ2v) is 10.5. The number of anilines is 2. The van der Waals surface area contributed by atoms with Crippen LogP contribution in [0.5, 0.6) is 0 Å². The SMILES string of the molecule is CCCN(C(N)=O)c1ccc(CNc2nnc(-c3ccc4c(c3)C(C)(C)CCC4(C)C)o2)cc1. The van der Waals surface area contributed by atoms with E-state index in [9.17, 15) is 4.79 Å². The van der Waals surface area contributed by atoms with Crippen LogP contribution in [0.4, 0.5) is 16.5 Å². The maximum Gasteiger partial charge on any atom is 0.319 e. The molecule has 4 rings (SSSR count). The first kappa shape index (κ1) is 23.8. The third-order valence-electron chi connectivity index (χ3n) is 6.93. The first-order chi connectivity index (χ1) is 16.1. The van der Waals surface area contributed by atoms with Crippen molar-refractivity contribution in [1.29, 1.82) is 0 Å². The number of benzene rings is 2. The summed E-state index contributed by atoms with van der Waals surface area (Å²) in [5.41, 5.74) is 11.3. The Morgan fingerprint density at radius 1 is 1.03 bits per heavy atom. The van der Waals surface area contributed by atoms with Gasteiger partial charge in [0.2, 0.25) is 5.89 Å². The van der Waals surface area contributed by atoms with E-state index in [1.165, 1.54) is 17.5 Å². The number of nitrogens with zero attached hydrogens (tertiary/aromatic N) is 3. The highest BCUT2D eigenvalue weighted by atomic mass is 16.4. The topological polar surface area (TPSA) is 97.3 Å². The largest absolute Gasteiger partial charge is 0.403 e. The molecular formula is C27H35N5O2. The van der Waals surface area contributed by atoms with E-state index < -0.39 is 6.03 Å². The number of amides is 2. The van der Waals surface area contributed by atoms with E-state index in [1.54, 1.807) is 4.90 Å². The number of hydrogen-bond donors (Lipinski definition) is 2. The number of hydrogen-bond acceptors (Lipinski definition) is 5. The highest BCUT2D eigenvalue weighted by molar-refractivity contribution is 5.90. The zero-order chi connectivity index (χ0) is 24.5. The van der Waals surface area contributed by atoms with Gasteiger partial charge in [-0.05, 0) is 71.0 Å². The molecule has 1 aromatic heterocycles. The molecule has 0 saturated heterocycles. The van der Waals surface area contributed by atoms with Gasteiger partial charge in [0.1, 0.15) is 0 Å². The Hall–Kier alpha value is -3.35. The number of fused-ring (bicyclic) bond motifs is 1. The van der Waals surface area contributed by atoms with Crippen LogP contribution in [-0.4, -0.2) is 22.8 Å². The maximum absolute atomic E-state index is 11.7. The van der Waals surface area contributed by atoms with Crippen molar-refractivity contribution in [1.82, 2.24) is 10.2 Å². The van der Waals surface area contributed by atoms with Crippen molar-refractivity contribution in [3.8, 4) is 11.5 Å². The number of nitrogens with two attached hydrogens (primary N) is 1. The number of primary amides is 1. The Morgan fingerprint density at radius 2 is 1.71 bits per heavy atom. The van der Waals surface area contributed by atoms with Crippen LogP contribution in [0.2, 0.25) is 0 Å². The molecule has 2 aromatic carbocycles. The monoisotopic (exact) mass is 461 g/mol. The Labute approximate surface area is 201 Å². The molecule has 0 aliphatic heterocycles. The van der Waals surface area contributed by atoms with Gasteiger partial charge in [0.05, 0.1) is 0 Å². The van der Waals surface area contributed by atoms with Gasteiger partial charge in [-0.25, -0.2) is 4.79 Å². The molecule has 3 aromatic rings. The number of nitrogens with one attached hydrogen (secondary N) is 1. The van der Waals surface area contributed by atoms with Crippen molar-refractivity contribution in [2.24, 2.45) is 5.73 Å². The highest BCUT2D eigenvalue weighted by Crippen LogP contribution is 2.46. The van der Waals surface area contributed by atoms with Gasteiger partial charge >= 0.3 is 12.0 Å². The van der Waals surface area contributed by atoms with Crippen LogP contribution in [0.3, 0.4) is 0 Å². The fraction of sp³-hybridized carbons (Fsp3) is 0.444. The zero-order valence-electron chi connectivity index (χ0n) is 20.8. The Kier molecular flexibility index (Phi) is 6.39. The molecule has 7 nitrogen and oxygen atoms in total. The van der Waals surface area contributed by atoms with Crippen LogP contribution in [0.25, 0.3) is 11.5 Å². The minimum atomic E-state index is -0.444. The van der Waals surface area contributed by atoms with Crippen molar-refractivity contribution in [2.45, 2.75) is 71.3 Å². The van der Waals surface area contributed by atoms with Gasteiger partial charge in [-0.2, -0.15) is 0 Å². The second kappa shape index (κ2) is 9.12. The maximum atomic E-state index is 11.7. The first-order valence-corrected chi connectivity index (χ1v) is 12.0. The molecular weight excluding hydrogens is 426 g/mol. The van der Waals surface area contributed by atoms with Crippen molar-refractivity contribution in [3.63, 3.8) is 0 Å². The lowest BCUT2D eigenvalue weighted by Crippen LogP contribution is -2.36. The minimum Gasteiger partial charge on any atom is -0.403 e. The summed E-state index contributed by atoms with van der Waals surface area (Å²) in [6.07, 6.45) is 3.17. The molecule has 34 heavy (non-hydrogen) atoms. The standard InChI is InChI=1S/C27H35N5O2/c1-6-15-32(24(28)33)20-10-7-18(8-11-20)17-29-25-31-30-23(34-25)19-9-12-21-22(16-19)27(4,5)14-13-26(21,2)3/h7-12,16H,6,13-15,17H2,1-5H3,(H2,28,33)(H,29,31). The third-order valence-corrected chi connectivity index (χ3v) is 6.93. The molecule has 1 heterocycles. The second-order valence-electron chi connectivity index (χ2n) is 10.5. The number of urea groups is 1. The lowest BCUT2D eigenvalue weighted by Gasteiger charge is -2.41. The number of carbonyl (C=O) groups is 1. The van der Waals surface area contributed by atoms with Crippen LogP contribution >= 0.6 is 0 Å². The van der Waals surface area contributed by atoms with Crippen molar-refractivity contribution in [3.05, 3.63) is 59.2 Å². The first-order valence-electron chi connectivity index (χ1n) is 12.0. The summed E-state index contributed by atoms with van der Waals surface area (Å²) in [6.45, 7) is 12.4. The van der Waals surface area contributed by atoms with E-state index >= 15 is 0 Å². The van der Waals surface area contributed by atoms with Gasteiger partial charge in [0, 0.05) is 24.3 Å². The summed E-state index contributed by atoms with van der Waals surface area (Å²) in [5.74, 6) is 0.511. The molecule has 1 aliphatic rings. The zero-order valence-corrected chi connectivity index (χ0v) is 20.8. The van der Waals surface area contributed by atoms with E-state index in [4.69, 9.17) is 10.2 Å². The van der Waals surface area contributed by atoms with Gasteiger partial charge in [-0.15, -0.1) is 5.10 Å². The molecule has 3 N–H and O–H groups in total. The molecule has 0 fully saturated rings. The molecule has 0 atom stereocenters. The summed E-state index contributed by atoms with van der Waals surface area (Å²) in [4.78, 5) is 13.2. The Bertz CT molecular complexity index is 1160. The number of carbonyl (C=O) groups excluding carboxylic acids is 1. The van der Waals surface area contributed by atoms with E-state index in [-0.39, 0.29) is 10.8 Å². The molecule has 180 valence electrons. The van der Waals surface area contributed by atoms with Crippen LogP contribution in [-0.2, 0) is 17.4 Å². The molecule has 0 unspecified atom stereocenters. The Balaban J connectivity index is 1.46. The molecule has 7 heteroatoms. The van der Waals surface area contributed by atoms with Gasteiger partial charge in [-0.3, -0.25) is 4.90 Å². The molecule has 0 radical (unpaired) electrons. The van der Waals surface area contributed by atoms with Crippen molar-refractivity contribution in [2.75, 3.05) is 16.8 Å².